The Kier molecular flexibility index (Phi) is 5.42. The molecule has 3 nitrogen and oxygen atoms in total. The molecule has 5 aromatic carbocycles. The molecule has 0 saturated heterocycles. The molecule has 1 aliphatic rings. The molecule has 0 fully saturated rings. The van der Waals surface area contributed by atoms with Gasteiger partial charge < -0.3 is 10.0 Å². The SMILES string of the molecule is CC1(C)c2ccccc2-c2ccc(N(c3ccccc3)c3ccc(-c4ccc(C(=O)O)cc4)cc3)cc21. The first-order valence-electron chi connectivity index (χ1n) is 12.5. The van der Waals surface area contributed by atoms with Gasteiger partial charge in [0.25, 0.3) is 0 Å². The van der Waals surface area contributed by atoms with E-state index >= 15 is 0 Å². The molecule has 0 aliphatic heterocycles. The van der Waals surface area contributed by atoms with E-state index in [-0.39, 0.29) is 11.0 Å². The Balaban J connectivity index is 1.42. The highest BCUT2D eigenvalue weighted by atomic mass is 16.4. The number of carbonyl (C=O) groups is 1. The first kappa shape index (κ1) is 22.8. The summed E-state index contributed by atoms with van der Waals surface area (Å²) < 4.78 is 0. The quantitative estimate of drug-likeness (QED) is 0.273. The highest BCUT2D eigenvalue weighted by molar-refractivity contribution is 5.89. The van der Waals surface area contributed by atoms with Crippen molar-refractivity contribution in [2.75, 3.05) is 4.90 Å². The zero-order chi connectivity index (χ0) is 25.6. The molecule has 0 amide bonds. The maximum absolute atomic E-state index is 11.2. The van der Waals surface area contributed by atoms with Gasteiger partial charge in [-0.05, 0) is 81.9 Å². The molecule has 0 spiro atoms. The fourth-order valence-corrected chi connectivity index (χ4v) is 5.46. The van der Waals surface area contributed by atoms with Crippen LogP contribution in [-0.4, -0.2) is 11.1 Å². The van der Waals surface area contributed by atoms with Crippen molar-refractivity contribution < 1.29 is 9.90 Å². The monoisotopic (exact) mass is 481 g/mol. The predicted molar refractivity (Wildman–Crippen MR) is 151 cm³/mol. The average Bonchev–Trinajstić information content (AvgIpc) is 3.16. The number of fused-ring (bicyclic) bond motifs is 3. The van der Waals surface area contributed by atoms with Crippen molar-refractivity contribution >= 4 is 23.0 Å². The van der Waals surface area contributed by atoms with Crippen LogP contribution in [0.25, 0.3) is 22.3 Å². The molecule has 0 unspecified atom stereocenters. The highest BCUT2D eigenvalue weighted by Gasteiger charge is 2.35. The van der Waals surface area contributed by atoms with E-state index in [0.717, 1.165) is 28.2 Å². The molecule has 3 heteroatoms. The second-order valence-electron chi connectivity index (χ2n) is 10.0. The van der Waals surface area contributed by atoms with Crippen molar-refractivity contribution in [3.63, 3.8) is 0 Å². The lowest BCUT2D eigenvalue weighted by molar-refractivity contribution is 0.0697. The van der Waals surface area contributed by atoms with Crippen molar-refractivity contribution in [1.82, 2.24) is 0 Å². The molecule has 1 N–H and O–H groups in total. The van der Waals surface area contributed by atoms with Crippen LogP contribution in [0, 0.1) is 0 Å². The van der Waals surface area contributed by atoms with Crippen LogP contribution in [0.15, 0.2) is 121 Å². The van der Waals surface area contributed by atoms with E-state index < -0.39 is 5.97 Å². The van der Waals surface area contributed by atoms with E-state index in [1.165, 1.54) is 22.3 Å². The van der Waals surface area contributed by atoms with Gasteiger partial charge in [0.15, 0.2) is 0 Å². The van der Waals surface area contributed by atoms with E-state index in [1.807, 2.05) is 18.2 Å². The second kappa shape index (κ2) is 8.79. The third kappa shape index (κ3) is 3.89. The minimum absolute atomic E-state index is 0.0731. The van der Waals surface area contributed by atoms with Crippen molar-refractivity contribution in [3.05, 3.63) is 138 Å². The average molecular weight is 482 g/mol. The number of hydrogen-bond acceptors (Lipinski definition) is 2. The number of benzene rings is 5. The molecule has 0 atom stereocenters. The summed E-state index contributed by atoms with van der Waals surface area (Å²) in [7, 11) is 0. The van der Waals surface area contributed by atoms with Crippen LogP contribution in [0.4, 0.5) is 17.1 Å². The Labute approximate surface area is 217 Å². The second-order valence-corrected chi connectivity index (χ2v) is 10.0. The van der Waals surface area contributed by atoms with Crippen LogP contribution in [0.3, 0.4) is 0 Å². The summed E-state index contributed by atoms with van der Waals surface area (Å²) in [6, 6.07) is 41.4. The maximum atomic E-state index is 11.2. The zero-order valence-electron chi connectivity index (χ0n) is 20.8. The minimum atomic E-state index is -0.916. The number of para-hydroxylation sites is 1. The van der Waals surface area contributed by atoms with Gasteiger partial charge >= 0.3 is 5.97 Å². The molecule has 0 radical (unpaired) electrons. The number of carboxylic acids is 1. The lowest BCUT2D eigenvalue weighted by Gasteiger charge is -2.28. The highest BCUT2D eigenvalue weighted by Crippen LogP contribution is 2.50. The summed E-state index contributed by atoms with van der Waals surface area (Å²) >= 11 is 0. The van der Waals surface area contributed by atoms with Crippen molar-refractivity contribution in [1.29, 1.82) is 0 Å². The van der Waals surface area contributed by atoms with Crippen molar-refractivity contribution in [3.8, 4) is 22.3 Å². The molecule has 6 rings (SSSR count). The molecule has 5 aromatic rings. The molecule has 180 valence electrons. The van der Waals surface area contributed by atoms with Gasteiger partial charge in [0.1, 0.15) is 0 Å². The Bertz CT molecular complexity index is 1600. The van der Waals surface area contributed by atoms with E-state index in [2.05, 4.69) is 110 Å². The fourth-order valence-electron chi connectivity index (χ4n) is 5.46. The van der Waals surface area contributed by atoms with E-state index in [1.54, 1.807) is 12.1 Å². The molecular formula is C34H27NO2. The summed E-state index contributed by atoms with van der Waals surface area (Å²) in [5.74, 6) is -0.916. The van der Waals surface area contributed by atoms with Crippen molar-refractivity contribution in [2.45, 2.75) is 19.3 Å². The predicted octanol–water partition coefficient (Wildman–Crippen LogP) is 8.83. The molecule has 0 bridgehead atoms. The Morgan fingerprint density at radius 1 is 0.595 bits per heavy atom. The molecule has 0 aromatic heterocycles. The lowest BCUT2D eigenvalue weighted by Crippen LogP contribution is -2.16. The number of rotatable bonds is 5. The number of nitrogens with zero attached hydrogens (tertiary/aromatic N) is 1. The number of aromatic carboxylic acids is 1. The molecule has 0 heterocycles. The van der Waals surface area contributed by atoms with Gasteiger partial charge in [0.2, 0.25) is 0 Å². The molecule has 37 heavy (non-hydrogen) atoms. The first-order valence-corrected chi connectivity index (χ1v) is 12.5. The standard InChI is InChI=1S/C34H27NO2/c1-34(2)31-11-7-6-10-29(31)30-21-20-28(22-32(30)34)35(26-8-4-3-5-9-26)27-18-16-24(17-19-27)23-12-14-25(15-13-23)33(36)37/h3-22H,1-2H3,(H,36,37). The number of hydrogen-bond donors (Lipinski definition) is 1. The van der Waals surface area contributed by atoms with Crippen LogP contribution in [-0.2, 0) is 5.41 Å². The maximum Gasteiger partial charge on any atom is 0.335 e. The van der Waals surface area contributed by atoms with Crippen LogP contribution in [0.5, 0.6) is 0 Å². The van der Waals surface area contributed by atoms with Crippen LogP contribution in [0.2, 0.25) is 0 Å². The Morgan fingerprint density at radius 3 is 1.81 bits per heavy atom. The summed E-state index contributed by atoms with van der Waals surface area (Å²) in [4.78, 5) is 13.5. The number of carboxylic acid groups (broad SMARTS) is 1. The molecule has 0 saturated carbocycles. The van der Waals surface area contributed by atoms with Crippen LogP contribution >= 0.6 is 0 Å². The summed E-state index contributed by atoms with van der Waals surface area (Å²) in [5.41, 5.74) is 10.8. The van der Waals surface area contributed by atoms with Gasteiger partial charge in [0, 0.05) is 22.5 Å². The van der Waals surface area contributed by atoms with Gasteiger partial charge in [0.05, 0.1) is 5.56 Å². The smallest absolute Gasteiger partial charge is 0.335 e. The van der Waals surface area contributed by atoms with Gasteiger partial charge in [-0.15, -0.1) is 0 Å². The van der Waals surface area contributed by atoms with Gasteiger partial charge in [-0.3, -0.25) is 0 Å². The Morgan fingerprint density at radius 2 is 1.14 bits per heavy atom. The zero-order valence-corrected chi connectivity index (χ0v) is 20.8. The fraction of sp³-hybridized carbons (Fsp3) is 0.0882. The van der Waals surface area contributed by atoms with E-state index in [0.29, 0.717) is 0 Å². The Hall–Kier alpha value is -4.63. The van der Waals surface area contributed by atoms with Gasteiger partial charge in [-0.1, -0.05) is 86.6 Å². The third-order valence-electron chi connectivity index (χ3n) is 7.43. The summed E-state index contributed by atoms with van der Waals surface area (Å²) in [6.45, 7) is 4.61. The largest absolute Gasteiger partial charge is 0.478 e. The summed E-state index contributed by atoms with van der Waals surface area (Å²) in [5, 5.41) is 9.20. The topological polar surface area (TPSA) is 40.5 Å². The third-order valence-corrected chi connectivity index (χ3v) is 7.43. The van der Waals surface area contributed by atoms with Gasteiger partial charge in [-0.25, -0.2) is 4.79 Å². The normalized spacial score (nSPS) is 13.0. The first-order chi connectivity index (χ1) is 17.9. The van der Waals surface area contributed by atoms with Crippen molar-refractivity contribution in [2.24, 2.45) is 0 Å². The molecule has 1 aliphatic carbocycles. The van der Waals surface area contributed by atoms with E-state index in [4.69, 9.17) is 0 Å². The lowest BCUT2D eigenvalue weighted by atomic mass is 9.82. The number of anilines is 3. The molecular weight excluding hydrogens is 454 g/mol. The van der Waals surface area contributed by atoms with Gasteiger partial charge in [-0.2, -0.15) is 0 Å². The minimum Gasteiger partial charge on any atom is -0.478 e. The van der Waals surface area contributed by atoms with Crippen LogP contribution in [0.1, 0.15) is 35.3 Å². The van der Waals surface area contributed by atoms with Crippen LogP contribution < -0.4 is 4.90 Å². The summed E-state index contributed by atoms with van der Waals surface area (Å²) in [6.07, 6.45) is 0. The van der Waals surface area contributed by atoms with E-state index in [9.17, 15) is 9.90 Å².